The van der Waals surface area contributed by atoms with E-state index in [2.05, 4.69) is 0 Å². The molecule has 2 aromatic carbocycles. The van der Waals surface area contributed by atoms with Crippen molar-refractivity contribution in [3.63, 3.8) is 0 Å². The molecule has 0 radical (unpaired) electrons. The molecule has 0 aliphatic rings. The van der Waals surface area contributed by atoms with E-state index < -0.39 is 6.92 Å². The van der Waals surface area contributed by atoms with E-state index in [1.165, 1.54) is 0 Å². The molecule has 0 heterocycles. The number of hydrogen-bond donors (Lipinski definition) is 1. The lowest BCUT2D eigenvalue weighted by Gasteiger charge is -2.17. The van der Waals surface area contributed by atoms with Crippen molar-refractivity contribution in [3.05, 3.63) is 57.6 Å². The van der Waals surface area contributed by atoms with E-state index in [1.54, 1.807) is 50.6 Å². The molecule has 0 unspecified atom stereocenters. The van der Waals surface area contributed by atoms with E-state index in [4.69, 9.17) is 42.1 Å². The summed E-state index contributed by atoms with van der Waals surface area (Å²) in [4.78, 5) is 0. The van der Waals surface area contributed by atoms with E-state index in [1.807, 2.05) is 0 Å². The van der Waals surface area contributed by atoms with E-state index in [9.17, 15) is 5.02 Å². The second-order valence-corrected chi connectivity index (χ2v) is 6.47. The zero-order valence-electron chi connectivity index (χ0n) is 14.7. The van der Waals surface area contributed by atoms with Crippen molar-refractivity contribution in [1.82, 2.24) is 0 Å². The van der Waals surface area contributed by atoms with Crippen molar-refractivity contribution in [2.45, 2.75) is 13.2 Å². The molecule has 0 fully saturated rings. The minimum atomic E-state index is -0.883. The third-order valence-corrected chi connectivity index (χ3v) is 4.19. The zero-order valence-corrected chi connectivity index (χ0v) is 16.2. The third-order valence-electron chi connectivity index (χ3n) is 3.72. The quantitative estimate of drug-likeness (QED) is 0.378. The van der Waals surface area contributed by atoms with Gasteiger partial charge in [-0.25, -0.2) is 0 Å². The van der Waals surface area contributed by atoms with Gasteiger partial charge in [-0.1, -0.05) is 35.3 Å². The summed E-state index contributed by atoms with van der Waals surface area (Å²) in [7, 11) is 3.10. The Labute approximate surface area is 163 Å². The summed E-state index contributed by atoms with van der Waals surface area (Å²) >= 11 is 12.2. The highest BCUT2D eigenvalue weighted by molar-refractivity contribution is 6.79. The fraction of sp³-hybridized carbons (Fsp3) is 0.333. The van der Waals surface area contributed by atoms with Crippen molar-refractivity contribution >= 4 is 41.0 Å². The van der Waals surface area contributed by atoms with Crippen molar-refractivity contribution in [2.24, 2.45) is 0 Å². The van der Waals surface area contributed by atoms with Crippen molar-refractivity contribution < 1.29 is 24.0 Å². The average molecular weight is 399 g/mol. The first-order chi connectivity index (χ1) is 12.6. The van der Waals surface area contributed by atoms with Crippen molar-refractivity contribution in [3.8, 4) is 0 Å². The highest BCUT2D eigenvalue weighted by Gasteiger charge is 2.23. The first-order valence-corrected chi connectivity index (χ1v) is 8.70. The van der Waals surface area contributed by atoms with E-state index in [-0.39, 0.29) is 26.8 Å². The summed E-state index contributed by atoms with van der Waals surface area (Å²) in [6.45, 7) is -0.0433. The predicted molar refractivity (Wildman–Crippen MR) is 103 cm³/mol. The normalized spacial score (nSPS) is 11.0. The van der Waals surface area contributed by atoms with Gasteiger partial charge in [0.25, 0.3) is 0 Å². The maximum atomic E-state index is 11.0. The van der Waals surface area contributed by atoms with Gasteiger partial charge in [-0.2, -0.15) is 0 Å². The molecule has 0 aliphatic carbocycles. The number of methoxy groups -OCH3 is 2. The van der Waals surface area contributed by atoms with Crippen LogP contribution >= 0.6 is 23.2 Å². The van der Waals surface area contributed by atoms with Crippen LogP contribution in [-0.2, 0) is 32.2 Å². The Kier molecular flexibility index (Phi) is 8.88. The Bertz CT molecular complexity index is 654. The van der Waals surface area contributed by atoms with Crippen LogP contribution in [0.25, 0.3) is 0 Å². The Morgan fingerprint density at radius 3 is 1.62 bits per heavy atom. The number of ether oxygens (including phenoxy) is 4. The Balaban J connectivity index is 2.31. The molecule has 2 rings (SSSR count). The van der Waals surface area contributed by atoms with Gasteiger partial charge in [0.05, 0.1) is 13.2 Å². The minimum absolute atomic E-state index is 0.152. The molecule has 2 aromatic rings. The highest BCUT2D eigenvalue weighted by atomic mass is 35.5. The lowest BCUT2D eigenvalue weighted by atomic mass is 9.53. The Hall–Kier alpha value is -1.12. The van der Waals surface area contributed by atoms with Crippen LogP contribution in [-0.4, -0.2) is 39.7 Å². The maximum Gasteiger partial charge on any atom is 0.359 e. The van der Waals surface area contributed by atoms with Gasteiger partial charge in [0.1, 0.15) is 13.6 Å². The fourth-order valence-corrected chi connectivity index (χ4v) is 2.96. The average Bonchev–Trinajstić information content (AvgIpc) is 2.62. The number of rotatable bonds is 10. The molecule has 0 bridgehead atoms. The molecule has 1 N–H and O–H groups in total. The van der Waals surface area contributed by atoms with Crippen LogP contribution in [0.5, 0.6) is 0 Å². The van der Waals surface area contributed by atoms with E-state index >= 15 is 0 Å². The van der Waals surface area contributed by atoms with Gasteiger partial charge in [-0.15, -0.1) is 0 Å². The maximum absolute atomic E-state index is 11.0. The topological polar surface area (TPSA) is 57.2 Å². The van der Waals surface area contributed by atoms with Gasteiger partial charge in [-0.05, 0) is 46.3 Å². The molecule has 0 aromatic heterocycles. The third kappa shape index (κ3) is 5.96. The van der Waals surface area contributed by atoms with Gasteiger partial charge in [0.15, 0.2) is 0 Å². The van der Waals surface area contributed by atoms with Crippen LogP contribution in [0.1, 0.15) is 11.1 Å². The van der Waals surface area contributed by atoms with Crippen LogP contribution in [0.2, 0.25) is 10.0 Å². The lowest BCUT2D eigenvalue weighted by Crippen LogP contribution is -2.46. The van der Waals surface area contributed by atoms with Gasteiger partial charge in [0, 0.05) is 24.3 Å². The van der Waals surface area contributed by atoms with E-state index in [0.717, 1.165) is 11.1 Å². The molecule has 5 nitrogen and oxygen atoms in total. The number of hydrogen-bond acceptors (Lipinski definition) is 5. The summed E-state index contributed by atoms with van der Waals surface area (Å²) in [5, 5.41) is 12.1. The predicted octanol–water partition coefficient (Wildman–Crippen LogP) is 2.33. The van der Waals surface area contributed by atoms with Crippen LogP contribution < -0.4 is 10.9 Å². The fourth-order valence-electron chi connectivity index (χ4n) is 2.57. The molecular formula is C18H21BCl2O5. The van der Waals surface area contributed by atoms with Crippen LogP contribution in [0.3, 0.4) is 0 Å². The largest absolute Gasteiger partial charge is 0.443 e. The monoisotopic (exact) mass is 398 g/mol. The van der Waals surface area contributed by atoms with Crippen LogP contribution in [0, 0.1) is 0 Å². The molecule has 0 saturated heterocycles. The smallest absolute Gasteiger partial charge is 0.359 e. The molecule has 0 atom stereocenters. The summed E-state index contributed by atoms with van der Waals surface area (Å²) < 4.78 is 20.7. The molecule has 26 heavy (non-hydrogen) atoms. The molecule has 0 amide bonds. The molecule has 140 valence electrons. The molecular weight excluding hydrogens is 378 g/mol. The SMILES string of the molecule is COCOCc1cc(Cl)ccc1B(O)c1ccc(Cl)cc1COCOC. The minimum Gasteiger partial charge on any atom is -0.443 e. The van der Waals surface area contributed by atoms with Crippen molar-refractivity contribution in [1.29, 1.82) is 0 Å². The van der Waals surface area contributed by atoms with Gasteiger partial charge < -0.3 is 24.0 Å². The number of halogens is 2. The first-order valence-electron chi connectivity index (χ1n) is 7.95. The Morgan fingerprint density at radius 2 is 1.23 bits per heavy atom. The first kappa shape index (κ1) is 21.2. The molecule has 0 spiro atoms. The zero-order chi connectivity index (χ0) is 18.9. The van der Waals surface area contributed by atoms with Gasteiger partial charge >= 0.3 is 6.92 Å². The highest BCUT2D eigenvalue weighted by Crippen LogP contribution is 2.14. The summed E-state index contributed by atoms with van der Waals surface area (Å²) in [5.41, 5.74) is 2.95. The number of benzene rings is 2. The summed E-state index contributed by atoms with van der Waals surface area (Å²) in [5.74, 6) is 0. The van der Waals surface area contributed by atoms with Crippen molar-refractivity contribution in [2.75, 3.05) is 27.8 Å². The summed E-state index contributed by atoms with van der Waals surface area (Å²) in [6, 6.07) is 10.6. The second-order valence-electron chi connectivity index (χ2n) is 5.60. The van der Waals surface area contributed by atoms with Gasteiger partial charge in [-0.3, -0.25) is 0 Å². The standard InChI is InChI=1S/C18H21BCl2O5/c1-23-11-25-9-13-7-15(20)3-5-17(13)19(22)18-6-4-16(21)8-14(18)10-26-12-24-2/h3-8,22H,9-12H2,1-2H3. The van der Waals surface area contributed by atoms with Crippen LogP contribution in [0.4, 0.5) is 0 Å². The second kappa shape index (κ2) is 10.9. The summed E-state index contributed by atoms with van der Waals surface area (Å²) in [6.07, 6.45) is 0. The van der Waals surface area contributed by atoms with Gasteiger partial charge in [0.2, 0.25) is 0 Å². The van der Waals surface area contributed by atoms with E-state index in [0.29, 0.717) is 21.0 Å². The molecule has 0 aliphatic heterocycles. The lowest BCUT2D eigenvalue weighted by molar-refractivity contribution is -0.0388. The molecule has 0 saturated carbocycles. The molecule has 8 heteroatoms. The van der Waals surface area contributed by atoms with Crippen LogP contribution in [0.15, 0.2) is 36.4 Å². The Morgan fingerprint density at radius 1 is 0.808 bits per heavy atom.